The van der Waals surface area contributed by atoms with Gasteiger partial charge in [0.1, 0.15) is 5.60 Å². The summed E-state index contributed by atoms with van der Waals surface area (Å²) in [6.07, 6.45) is -0.445. The predicted molar refractivity (Wildman–Crippen MR) is 104 cm³/mol. The third-order valence-electron chi connectivity index (χ3n) is 5.30. The van der Waals surface area contributed by atoms with E-state index in [0.717, 1.165) is 16.6 Å². The fourth-order valence-corrected chi connectivity index (χ4v) is 3.16. The quantitative estimate of drug-likeness (QED) is 0.805. The molecular weight excluding hydrogens is 345 g/mol. The summed E-state index contributed by atoms with van der Waals surface area (Å²) >= 11 is 0. The molecule has 148 valence electrons. The van der Waals surface area contributed by atoms with Crippen LogP contribution in [-0.2, 0) is 25.4 Å². The molecule has 0 radical (unpaired) electrons. The molecule has 7 heteroatoms. The van der Waals surface area contributed by atoms with Crippen LogP contribution < -0.4 is 10.8 Å². The Bertz CT molecular complexity index is 710. The topological polar surface area (TPSA) is 66.0 Å². The summed E-state index contributed by atoms with van der Waals surface area (Å²) in [5.41, 5.74) is 1.70. The molecule has 2 aliphatic heterocycles. The Labute approximate surface area is 162 Å². The second kappa shape index (κ2) is 6.80. The van der Waals surface area contributed by atoms with Crippen LogP contribution in [0, 0.1) is 0 Å². The molecule has 0 unspecified atom stereocenters. The Kier molecular flexibility index (Phi) is 5.08. The highest BCUT2D eigenvalue weighted by Gasteiger charge is 2.51. The van der Waals surface area contributed by atoms with Crippen molar-refractivity contribution in [2.24, 2.45) is 0 Å². The van der Waals surface area contributed by atoms with Crippen LogP contribution in [0.25, 0.3) is 0 Å². The van der Waals surface area contributed by atoms with Crippen molar-refractivity contribution in [1.29, 1.82) is 0 Å². The van der Waals surface area contributed by atoms with E-state index < -0.39 is 18.8 Å². The molecule has 1 amide bonds. The van der Waals surface area contributed by atoms with Crippen molar-refractivity contribution in [3.63, 3.8) is 0 Å². The Hall–Kier alpha value is -1.57. The Morgan fingerprint density at radius 2 is 1.81 bits per heavy atom. The second-order valence-corrected chi connectivity index (χ2v) is 9.26. The second-order valence-electron chi connectivity index (χ2n) is 9.26. The number of fused-ring (bicyclic) bond motifs is 1. The normalized spacial score (nSPS) is 23.7. The number of hydrogen-bond donors (Lipinski definition) is 1. The van der Waals surface area contributed by atoms with Crippen LogP contribution in [-0.4, -0.2) is 36.6 Å². The summed E-state index contributed by atoms with van der Waals surface area (Å²) < 4.78 is 23.3. The third-order valence-corrected chi connectivity index (χ3v) is 5.30. The van der Waals surface area contributed by atoms with Gasteiger partial charge in [-0.3, -0.25) is 0 Å². The van der Waals surface area contributed by atoms with Gasteiger partial charge in [0.25, 0.3) is 0 Å². The first kappa shape index (κ1) is 20.2. The summed E-state index contributed by atoms with van der Waals surface area (Å²) in [5.74, 6) is 0. The first-order valence-electron chi connectivity index (χ1n) is 9.44. The van der Waals surface area contributed by atoms with Crippen molar-refractivity contribution < 1.29 is 23.6 Å². The van der Waals surface area contributed by atoms with Gasteiger partial charge in [-0.2, -0.15) is 0 Å². The first-order chi connectivity index (χ1) is 12.4. The molecule has 2 heterocycles. The van der Waals surface area contributed by atoms with E-state index in [0.29, 0.717) is 13.2 Å². The lowest BCUT2D eigenvalue weighted by Crippen LogP contribution is -2.41. The van der Waals surface area contributed by atoms with Crippen LogP contribution in [0.3, 0.4) is 0 Å². The average Bonchev–Trinajstić information content (AvgIpc) is 2.73. The Balaban J connectivity index is 1.77. The van der Waals surface area contributed by atoms with E-state index in [2.05, 4.69) is 5.32 Å². The van der Waals surface area contributed by atoms with Crippen LogP contribution in [0.2, 0.25) is 0 Å². The van der Waals surface area contributed by atoms with E-state index in [9.17, 15) is 4.79 Å². The number of carbonyl (C=O) groups excluding carboxylic acids is 1. The maximum atomic E-state index is 12.1. The zero-order valence-corrected chi connectivity index (χ0v) is 17.3. The number of ether oxygens (including phenoxy) is 2. The van der Waals surface area contributed by atoms with Gasteiger partial charge < -0.3 is 24.1 Å². The zero-order chi connectivity index (χ0) is 20.0. The van der Waals surface area contributed by atoms with Crippen LogP contribution in [0.5, 0.6) is 0 Å². The van der Waals surface area contributed by atoms with E-state index in [-0.39, 0.29) is 17.2 Å². The van der Waals surface area contributed by atoms with Crippen molar-refractivity contribution in [3.05, 3.63) is 29.3 Å². The largest absolute Gasteiger partial charge is 0.494 e. The first-order valence-corrected chi connectivity index (χ1v) is 9.44. The van der Waals surface area contributed by atoms with E-state index >= 15 is 0 Å². The van der Waals surface area contributed by atoms with Crippen LogP contribution in [0.1, 0.15) is 65.6 Å². The van der Waals surface area contributed by atoms with E-state index in [1.54, 1.807) is 0 Å². The molecule has 2 aliphatic rings. The van der Waals surface area contributed by atoms with Gasteiger partial charge in [0, 0.05) is 0 Å². The number of rotatable bonds is 2. The summed E-state index contributed by atoms with van der Waals surface area (Å²) in [7, 11) is -0.417. The van der Waals surface area contributed by atoms with Crippen LogP contribution >= 0.6 is 0 Å². The van der Waals surface area contributed by atoms with E-state index in [4.69, 9.17) is 18.8 Å². The maximum absolute atomic E-state index is 12.1. The van der Waals surface area contributed by atoms with Gasteiger partial charge in [0.05, 0.1) is 30.5 Å². The molecule has 1 aromatic rings. The standard InChI is InChI=1S/C20H30BNO5/c1-18(2,3)25-17(23)22-16-12-24-11-13-10-14(8-9-15(13)16)21-26-19(4,5)20(6,7)27-21/h8-10,16H,11-12H2,1-7H3,(H,22,23)/t16-/m0/s1. The predicted octanol–water partition coefficient (Wildman–Crippen LogP) is 3.08. The van der Waals surface area contributed by atoms with Gasteiger partial charge in [-0.1, -0.05) is 18.2 Å². The van der Waals surface area contributed by atoms with Crippen LogP contribution in [0.4, 0.5) is 4.79 Å². The summed E-state index contributed by atoms with van der Waals surface area (Å²) in [4.78, 5) is 12.1. The monoisotopic (exact) mass is 375 g/mol. The van der Waals surface area contributed by atoms with E-state index in [1.807, 2.05) is 66.7 Å². The molecule has 3 rings (SSSR count). The average molecular weight is 375 g/mol. The SMILES string of the molecule is CC(C)(C)OC(=O)N[C@H]1COCc2cc(B3OC(C)(C)C(C)(C)O3)ccc21. The fourth-order valence-electron chi connectivity index (χ4n) is 3.16. The van der Waals surface area contributed by atoms with Crippen molar-refractivity contribution in [2.45, 2.75) is 77.9 Å². The summed E-state index contributed by atoms with van der Waals surface area (Å²) in [6, 6.07) is 5.81. The van der Waals surface area contributed by atoms with Crippen molar-refractivity contribution >= 4 is 18.7 Å². The molecule has 1 N–H and O–H groups in total. The Morgan fingerprint density at radius 3 is 2.41 bits per heavy atom. The molecule has 0 bridgehead atoms. The highest BCUT2D eigenvalue weighted by atomic mass is 16.7. The molecule has 1 aromatic carbocycles. The fraction of sp³-hybridized carbons (Fsp3) is 0.650. The number of hydrogen-bond acceptors (Lipinski definition) is 5. The van der Waals surface area contributed by atoms with Crippen molar-refractivity contribution in [3.8, 4) is 0 Å². The lowest BCUT2D eigenvalue weighted by Gasteiger charge is -2.32. The summed E-state index contributed by atoms with van der Waals surface area (Å²) in [5, 5.41) is 2.90. The van der Waals surface area contributed by atoms with Gasteiger partial charge in [0.2, 0.25) is 0 Å². The number of benzene rings is 1. The van der Waals surface area contributed by atoms with Gasteiger partial charge in [-0.15, -0.1) is 0 Å². The van der Waals surface area contributed by atoms with Crippen LogP contribution in [0.15, 0.2) is 18.2 Å². The number of alkyl carbamates (subject to hydrolysis) is 1. The minimum absolute atomic E-state index is 0.240. The molecule has 0 aliphatic carbocycles. The molecule has 27 heavy (non-hydrogen) atoms. The molecule has 0 aromatic heterocycles. The number of nitrogens with one attached hydrogen (secondary N) is 1. The van der Waals surface area contributed by atoms with Gasteiger partial charge in [-0.25, -0.2) is 4.79 Å². The minimum Gasteiger partial charge on any atom is -0.444 e. The minimum atomic E-state index is -0.539. The lowest BCUT2D eigenvalue weighted by atomic mass is 9.77. The maximum Gasteiger partial charge on any atom is 0.494 e. The van der Waals surface area contributed by atoms with E-state index in [1.165, 1.54) is 0 Å². The molecule has 0 spiro atoms. The van der Waals surface area contributed by atoms with Gasteiger partial charge in [-0.05, 0) is 65.1 Å². The lowest BCUT2D eigenvalue weighted by molar-refractivity contribution is 0.00578. The molecule has 1 fully saturated rings. The van der Waals surface area contributed by atoms with Gasteiger partial charge >= 0.3 is 13.2 Å². The number of carbonyl (C=O) groups is 1. The smallest absolute Gasteiger partial charge is 0.444 e. The zero-order valence-electron chi connectivity index (χ0n) is 17.3. The van der Waals surface area contributed by atoms with Gasteiger partial charge in [0.15, 0.2) is 0 Å². The highest BCUT2D eigenvalue weighted by molar-refractivity contribution is 6.62. The third kappa shape index (κ3) is 4.31. The Morgan fingerprint density at radius 1 is 1.19 bits per heavy atom. The highest BCUT2D eigenvalue weighted by Crippen LogP contribution is 2.36. The molecular formula is C20H30BNO5. The molecule has 1 atom stereocenters. The number of amides is 1. The van der Waals surface area contributed by atoms with Crippen molar-refractivity contribution in [1.82, 2.24) is 5.32 Å². The summed E-state index contributed by atoms with van der Waals surface area (Å²) in [6.45, 7) is 14.6. The van der Waals surface area contributed by atoms with Crippen molar-refractivity contribution in [2.75, 3.05) is 6.61 Å². The molecule has 1 saturated heterocycles. The molecule has 6 nitrogen and oxygen atoms in total. The molecule has 0 saturated carbocycles.